The van der Waals surface area contributed by atoms with Crippen LogP contribution in [0.15, 0.2) is 30.3 Å². The summed E-state index contributed by atoms with van der Waals surface area (Å²) in [6, 6.07) is 7.91. The molecule has 7 nitrogen and oxygen atoms in total. The topological polar surface area (TPSA) is 113 Å². The molecule has 1 heterocycles. The van der Waals surface area contributed by atoms with Gasteiger partial charge in [-0.05, 0) is 49.7 Å². The van der Waals surface area contributed by atoms with Crippen molar-refractivity contribution in [1.82, 2.24) is 4.72 Å². The Morgan fingerprint density at radius 3 is 2.42 bits per heavy atom. The lowest BCUT2D eigenvalue weighted by molar-refractivity contribution is -0.210. The van der Waals surface area contributed by atoms with Gasteiger partial charge in [-0.3, -0.25) is 4.79 Å². The van der Waals surface area contributed by atoms with Crippen LogP contribution in [0.5, 0.6) is 0 Å². The molecule has 1 aromatic rings. The van der Waals surface area contributed by atoms with E-state index in [1.165, 1.54) is 12.1 Å². The molecular weight excluding hydrogens is 425 g/mol. The molecule has 1 saturated carbocycles. The van der Waals surface area contributed by atoms with Crippen molar-refractivity contribution in [2.45, 2.75) is 76.0 Å². The maximum absolute atomic E-state index is 14.5. The summed E-state index contributed by atoms with van der Waals surface area (Å²) in [5, 5.41) is 20.4. The summed E-state index contributed by atoms with van der Waals surface area (Å²) in [4.78, 5) is 12.1. The maximum Gasteiger partial charge on any atom is 0.264 e. The van der Waals surface area contributed by atoms with Crippen LogP contribution in [0.2, 0.25) is 0 Å². The molecule has 0 aromatic heterocycles. The molecular formula is C22H32FNO6S. The highest BCUT2D eigenvalue weighted by Crippen LogP contribution is 2.41. The van der Waals surface area contributed by atoms with Crippen LogP contribution in [0.3, 0.4) is 0 Å². The number of alkyl halides is 1. The van der Waals surface area contributed by atoms with Crippen LogP contribution >= 0.6 is 0 Å². The Labute approximate surface area is 183 Å². The summed E-state index contributed by atoms with van der Waals surface area (Å²) in [6.45, 7) is 2.14. The van der Waals surface area contributed by atoms with E-state index in [0.29, 0.717) is 18.3 Å². The van der Waals surface area contributed by atoms with Gasteiger partial charge in [-0.15, -0.1) is 0 Å². The number of aliphatic hydroxyl groups excluding tert-OH is 2. The number of carbonyl (C=O) groups excluding carboxylic acids is 1. The van der Waals surface area contributed by atoms with E-state index in [-0.39, 0.29) is 12.0 Å². The second-order valence-electron chi connectivity index (χ2n) is 8.77. The van der Waals surface area contributed by atoms with E-state index in [1.807, 2.05) is 4.72 Å². The smallest absolute Gasteiger partial charge is 0.264 e. The number of hydrogen-bond donors (Lipinski definition) is 3. The van der Waals surface area contributed by atoms with E-state index < -0.39 is 52.3 Å². The first kappa shape index (κ1) is 24.1. The molecule has 5 atom stereocenters. The van der Waals surface area contributed by atoms with Gasteiger partial charge in [0.15, 0.2) is 6.17 Å². The maximum atomic E-state index is 14.5. The molecule has 1 saturated heterocycles. The largest absolute Gasteiger partial charge is 0.388 e. The lowest BCUT2D eigenvalue weighted by Gasteiger charge is -2.43. The van der Waals surface area contributed by atoms with Crippen molar-refractivity contribution in [3.8, 4) is 0 Å². The van der Waals surface area contributed by atoms with Crippen molar-refractivity contribution < 1.29 is 32.6 Å². The number of sulfonamides is 1. The standard InChI is InChI=1S/C22H32FNO6S/c1-2-6-14-11-15(12-14)13-18-20(25)21(26)19(23)17(30-18)9-10-31(28,29)24-22(27)16-7-4-3-5-8-16/h3-5,7-8,14-15,17-21,25-26H,2,6,9-13H2,1H3,(H,24,27)/t14?,15?,17?,18?,19?,20-,21+/m1/s1. The predicted octanol–water partition coefficient (Wildman–Crippen LogP) is 2.18. The van der Waals surface area contributed by atoms with Gasteiger partial charge < -0.3 is 14.9 Å². The van der Waals surface area contributed by atoms with Crippen molar-refractivity contribution in [2.24, 2.45) is 11.8 Å². The summed E-state index contributed by atoms with van der Waals surface area (Å²) in [5.74, 6) is -0.270. The lowest BCUT2D eigenvalue weighted by Crippen LogP contribution is -2.57. The molecule has 0 bridgehead atoms. The van der Waals surface area contributed by atoms with E-state index in [9.17, 15) is 27.8 Å². The SMILES string of the molecule is CCCC1CC(CC2OC(CCS(=O)(=O)NC(=O)c3ccccc3)C(F)[C@H](O)[C@@H]2O)C1. The van der Waals surface area contributed by atoms with Gasteiger partial charge in [-0.25, -0.2) is 17.5 Å². The molecule has 9 heteroatoms. The van der Waals surface area contributed by atoms with Crippen LogP contribution in [0.1, 0.15) is 55.8 Å². The second-order valence-corrected chi connectivity index (χ2v) is 10.6. The highest BCUT2D eigenvalue weighted by Gasteiger charge is 2.46. The number of ether oxygens (including phenoxy) is 1. The fourth-order valence-corrected chi connectivity index (χ4v) is 5.63. The van der Waals surface area contributed by atoms with E-state index in [2.05, 4.69) is 6.92 Å². The quantitative estimate of drug-likeness (QED) is 0.524. The first-order chi connectivity index (χ1) is 14.7. The summed E-state index contributed by atoms with van der Waals surface area (Å²) in [5.41, 5.74) is 0.198. The van der Waals surface area contributed by atoms with E-state index >= 15 is 0 Å². The molecule has 2 aliphatic rings. The summed E-state index contributed by atoms with van der Waals surface area (Å²) in [7, 11) is -4.02. The van der Waals surface area contributed by atoms with Crippen molar-refractivity contribution in [3.05, 3.63) is 35.9 Å². The molecule has 1 aliphatic heterocycles. The zero-order valence-electron chi connectivity index (χ0n) is 17.7. The van der Waals surface area contributed by atoms with E-state index in [4.69, 9.17) is 4.74 Å². The molecule has 1 aromatic carbocycles. The van der Waals surface area contributed by atoms with Gasteiger partial charge >= 0.3 is 0 Å². The Hall–Kier alpha value is -1.55. The molecule has 174 valence electrons. The van der Waals surface area contributed by atoms with Crippen molar-refractivity contribution in [2.75, 3.05) is 5.75 Å². The Morgan fingerprint density at radius 1 is 1.10 bits per heavy atom. The molecule has 3 rings (SSSR count). The third-order valence-corrected chi connectivity index (χ3v) is 7.58. The highest BCUT2D eigenvalue weighted by molar-refractivity contribution is 7.90. The fraction of sp³-hybridized carbons (Fsp3) is 0.682. The lowest BCUT2D eigenvalue weighted by atomic mass is 9.70. The normalized spacial score (nSPS) is 33.5. The minimum absolute atomic E-state index is 0.198. The fourth-order valence-electron chi connectivity index (χ4n) is 4.58. The third-order valence-electron chi connectivity index (χ3n) is 6.31. The molecule has 0 radical (unpaired) electrons. The highest BCUT2D eigenvalue weighted by atomic mass is 32.2. The minimum atomic E-state index is -4.02. The number of hydrogen-bond acceptors (Lipinski definition) is 6. The number of amides is 1. The molecule has 31 heavy (non-hydrogen) atoms. The number of halogens is 1. The average molecular weight is 458 g/mol. The van der Waals surface area contributed by atoms with Gasteiger partial charge in [-0.1, -0.05) is 38.0 Å². The van der Waals surface area contributed by atoms with Crippen LogP contribution in [-0.4, -0.2) is 60.9 Å². The van der Waals surface area contributed by atoms with Gasteiger partial charge in [0.1, 0.15) is 12.2 Å². The van der Waals surface area contributed by atoms with Crippen LogP contribution in [0, 0.1) is 11.8 Å². The molecule has 0 spiro atoms. The number of nitrogens with one attached hydrogen (secondary N) is 1. The van der Waals surface area contributed by atoms with Gasteiger partial charge in [0, 0.05) is 5.56 Å². The van der Waals surface area contributed by atoms with Crippen LogP contribution in [-0.2, 0) is 14.8 Å². The Balaban J connectivity index is 1.54. The number of benzene rings is 1. The van der Waals surface area contributed by atoms with Gasteiger partial charge in [0.25, 0.3) is 5.91 Å². The van der Waals surface area contributed by atoms with Crippen LogP contribution in [0.4, 0.5) is 4.39 Å². The average Bonchev–Trinajstić information content (AvgIpc) is 2.71. The summed E-state index contributed by atoms with van der Waals surface area (Å²) in [6.07, 6.45) is -2.15. The molecule has 2 fully saturated rings. The Kier molecular flexibility index (Phi) is 8.07. The zero-order valence-corrected chi connectivity index (χ0v) is 18.5. The summed E-state index contributed by atoms with van der Waals surface area (Å²) >= 11 is 0. The molecule has 1 aliphatic carbocycles. The van der Waals surface area contributed by atoms with Gasteiger partial charge in [0.2, 0.25) is 10.0 Å². The molecule has 1 amide bonds. The minimum Gasteiger partial charge on any atom is -0.388 e. The first-order valence-electron chi connectivity index (χ1n) is 11.0. The van der Waals surface area contributed by atoms with Crippen LogP contribution < -0.4 is 4.72 Å². The van der Waals surface area contributed by atoms with Crippen molar-refractivity contribution >= 4 is 15.9 Å². The van der Waals surface area contributed by atoms with Gasteiger partial charge in [0.05, 0.1) is 18.0 Å². The summed E-state index contributed by atoms with van der Waals surface area (Å²) < 4.78 is 46.8. The predicted molar refractivity (Wildman–Crippen MR) is 114 cm³/mol. The van der Waals surface area contributed by atoms with E-state index in [0.717, 1.165) is 25.7 Å². The molecule has 3 unspecified atom stereocenters. The number of aliphatic hydroxyl groups is 2. The third kappa shape index (κ3) is 6.25. The van der Waals surface area contributed by atoms with E-state index in [1.54, 1.807) is 18.2 Å². The zero-order chi connectivity index (χ0) is 22.6. The monoisotopic (exact) mass is 457 g/mol. The number of rotatable bonds is 9. The van der Waals surface area contributed by atoms with Gasteiger partial charge in [-0.2, -0.15) is 0 Å². The Bertz CT molecular complexity index is 830. The molecule has 3 N–H and O–H groups in total. The van der Waals surface area contributed by atoms with Crippen molar-refractivity contribution in [3.63, 3.8) is 0 Å². The Morgan fingerprint density at radius 2 is 1.77 bits per heavy atom. The van der Waals surface area contributed by atoms with Crippen molar-refractivity contribution in [1.29, 1.82) is 0 Å². The number of carbonyl (C=O) groups is 1. The second kappa shape index (κ2) is 10.4. The first-order valence-corrected chi connectivity index (χ1v) is 12.6. The van der Waals surface area contributed by atoms with Crippen LogP contribution in [0.25, 0.3) is 0 Å².